The number of rotatable bonds is 4. The van der Waals surface area contributed by atoms with E-state index in [0.29, 0.717) is 6.42 Å². The van der Waals surface area contributed by atoms with Gasteiger partial charge in [0.15, 0.2) is 5.78 Å². The van der Waals surface area contributed by atoms with Crippen LogP contribution < -0.4 is 5.73 Å². The topological polar surface area (TPSA) is 46.3 Å². The second kappa shape index (κ2) is 3.83. The third kappa shape index (κ3) is 4.93. The summed E-state index contributed by atoms with van der Waals surface area (Å²) >= 11 is 0. The molecular weight excluding hydrogens is 140 g/mol. The van der Waals surface area contributed by atoms with Gasteiger partial charge in [0.25, 0.3) is 0 Å². The minimum atomic E-state index is -0.671. The van der Waals surface area contributed by atoms with Crippen molar-refractivity contribution in [3.8, 4) is 0 Å². The Hall–Kier alpha value is -0.410. The van der Waals surface area contributed by atoms with Crippen molar-refractivity contribution in [1.82, 2.24) is 4.90 Å². The fourth-order valence-electron chi connectivity index (χ4n) is 0.647. The Labute approximate surface area is 68.6 Å². The largest absolute Gasteiger partial charge is 0.319 e. The molecule has 0 unspecified atom stereocenters. The summed E-state index contributed by atoms with van der Waals surface area (Å²) in [5.74, 6) is 0.117. The second-order valence-electron chi connectivity index (χ2n) is 3.70. The van der Waals surface area contributed by atoms with Crippen molar-refractivity contribution < 1.29 is 4.79 Å². The average Bonchev–Trinajstić information content (AvgIpc) is 1.80. The SMILES string of the molecule is CN(C)CCC(=O)C(C)(C)N. The van der Waals surface area contributed by atoms with Gasteiger partial charge >= 0.3 is 0 Å². The first-order chi connectivity index (χ1) is 4.84. The lowest BCUT2D eigenvalue weighted by molar-refractivity contribution is -0.123. The van der Waals surface area contributed by atoms with Crippen LogP contribution in [0, 0.1) is 0 Å². The third-order valence-corrected chi connectivity index (χ3v) is 1.50. The predicted molar refractivity (Wildman–Crippen MR) is 46.4 cm³/mol. The van der Waals surface area contributed by atoms with Crippen LogP contribution in [0.15, 0.2) is 0 Å². The highest BCUT2D eigenvalue weighted by Gasteiger charge is 2.20. The molecule has 0 aliphatic heterocycles. The molecule has 0 aromatic rings. The Balaban J connectivity index is 3.71. The molecule has 3 heteroatoms. The van der Waals surface area contributed by atoms with Gasteiger partial charge in [0.2, 0.25) is 0 Å². The van der Waals surface area contributed by atoms with Crippen LogP contribution in [-0.2, 0) is 4.79 Å². The van der Waals surface area contributed by atoms with Crippen LogP contribution >= 0.6 is 0 Å². The van der Waals surface area contributed by atoms with Gasteiger partial charge in [0.1, 0.15) is 0 Å². The zero-order chi connectivity index (χ0) is 9.07. The molecule has 0 aliphatic carbocycles. The number of ketones is 1. The van der Waals surface area contributed by atoms with E-state index >= 15 is 0 Å². The molecule has 0 heterocycles. The second-order valence-corrected chi connectivity index (χ2v) is 3.70. The first kappa shape index (κ1) is 10.6. The molecule has 0 bridgehead atoms. The van der Waals surface area contributed by atoms with Gasteiger partial charge in [-0.2, -0.15) is 0 Å². The van der Waals surface area contributed by atoms with E-state index in [1.807, 2.05) is 19.0 Å². The summed E-state index contributed by atoms with van der Waals surface area (Å²) in [5.41, 5.74) is 4.93. The van der Waals surface area contributed by atoms with Gasteiger partial charge < -0.3 is 10.6 Å². The van der Waals surface area contributed by atoms with Gasteiger partial charge in [-0.25, -0.2) is 0 Å². The van der Waals surface area contributed by atoms with Gasteiger partial charge in [-0.15, -0.1) is 0 Å². The summed E-state index contributed by atoms with van der Waals surface area (Å²) in [4.78, 5) is 13.2. The number of nitrogens with two attached hydrogens (primary N) is 1. The maximum atomic E-state index is 11.2. The smallest absolute Gasteiger partial charge is 0.153 e. The van der Waals surface area contributed by atoms with E-state index in [9.17, 15) is 4.79 Å². The van der Waals surface area contributed by atoms with Crippen molar-refractivity contribution in [1.29, 1.82) is 0 Å². The molecule has 0 aromatic carbocycles. The molecule has 0 atom stereocenters. The number of hydrogen-bond donors (Lipinski definition) is 1. The van der Waals surface area contributed by atoms with Crippen molar-refractivity contribution >= 4 is 5.78 Å². The molecule has 3 nitrogen and oxygen atoms in total. The lowest BCUT2D eigenvalue weighted by Gasteiger charge is -2.18. The van der Waals surface area contributed by atoms with E-state index in [2.05, 4.69) is 0 Å². The number of carbonyl (C=O) groups excluding carboxylic acids is 1. The lowest BCUT2D eigenvalue weighted by Crippen LogP contribution is -2.42. The summed E-state index contributed by atoms with van der Waals surface area (Å²) < 4.78 is 0. The van der Waals surface area contributed by atoms with Crippen LogP contribution in [0.25, 0.3) is 0 Å². The van der Waals surface area contributed by atoms with Crippen LogP contribution in [0.5, 0.6) is 0 Å². The predicted octanol–water partition coefficient (Wildman–Crippen LogP) is 0.244. The van der Waals surface area contributed by atoms with E-state index in [4.69, 9.17) is 5.73 Å². The first-order valence-electron chi connectivity index (χ1n) is 3.81. The van der Waals surface area contributed by atoms with Crippen LogP contribution in [0.2, 0.25) is 0 Å². The summed E-state index contributed by atoms with van der Waals surface area (Å²) in [6.45, 7) is 4.26. The maximum Gasteiger partial charge on any atom is 0.153 e. The van der Waals surface area contributed by atoms with E-state index in [1.54, 1.807) is 13.8 Å². The van der Waals surface area contributed by atoms with E-state index < -0.39 is 5.54 Å². The van der Waals surface area contributed by atoms with Crippen molar-refractivity contribution in [3.05, 3.63) is 0 Å². The normalized spacial score (nSPS) is 12.2. The number of hydrogen-bond acceptors (Lipinski definition) is 3. The van der Waals surface area contributed by atoms with Crippen molar-refractivity contribution in [2.24, 2.45) is 5.73 Å². The molecule has 0 radical (unpaired) electrons. The number of carbonyl (C=O) groups is 1. The highest BCUT2D eigenvalue weighted by Crippen LogP contribution is 2.02. The minimum absolute atomic E-state index is 0.117. The van der Waals surface area contributed by atoms with Gasteiger partial charge in [-0.1, -0.05) is 0 Å². The van der Waals surface area contributed by atoms with Crippen LogP contribution in [0.3, 0.4) is 0 Å². The molecule has 0 aromatic heterocycles. The van der Waals surface area contributed by atoms with Crippen molar-refractivity contribution in [2.75, 3.05) is 20.6 Å². The highest BCUT2D eigenvalue weighted by molar-refractivity contribution is 5.87. The quantitative estimate of drug-likeness (QED) is 0.637. The summed E-state index contributed by atoms with van der Waals surface area (Å²) in [6.07, 6.45) is 0.538. The maximum absolute atomic E-state index is 11.2. The van der Waals surface area contributed by atoms with Gasteiger partial charge in [0.05, 0.1) is 5.54 Å². The summed E-state index contributed by atoms with van der Waals surface area (Å²) in [7, 11) is 3.88. The molecular formula is C8H18N2O. The van der Waals surface area contributed by atoms with Gasteiger partial charge in [-0.3, -0.25) is 4.79 Å². The Morgan fingerprint density at radius 1 is 1.45 bits per heavy atom. The minimum Gasteiger partial charge on any atom is -0.319 e. The van der Waals surface area contributed by atoms with Crippen molar-refractivity contribution in [3.63, 3.8) is 0 Å². The van der Waals surface area contributed by atoms with E-state index in [1.165, 1.54) is 0 Å². The number of Topliss-reactive ketones (excluding diaryl/α,β-unsaturated/α-hetero) is 1. The van der Waals surface area contributed by atoms with Gasteiger partial charge in [-0.05, 0) is 27.9 Å². The molecule has 0 aliphatic rings. The van der Waals surface area contributed by atoms with Crippen LogP contribution in [-0.4, -0.2) is 36.9 Å². The van der Waals surface area contributed by atoms with E-state index in [0.717, 1.165) is 6.54 Å². The Bertz CT molecular complexity index is 136. The Morgan fingerprint density at radius 2 is 1.91 bits per heavy atom. The summed E-state index contributed by atoms with van der Waals surface area (Å²) in [5, 5.41) is 0. The molecule has 11 heavy (non-hydrogen) atoms. The molecule has 0 amide bonds. The Morgan fingerprint density at radius 3 is 2.18 bits per heavy atom. The first-order valence-corrected chi connectivity index (χ1v) is 3.81. The zero-order valence-corrected chi connectivity index (χ0v) is 7.85. The van der Waals surface area contributed by atoms with Crippen LogP contribution in [0.4, 0.5) is 0 Å². The molecule has 0 rings (SSSR count). The average molecular weight is 158 g/mol. The van der Waals surface area contributed by atoms with Crippen molar-refractivity contribution in [2.45, 2.75) is 25.8 Å². The van der Waals surface area contributed by atoms with Gasteiger partial charge in [0, 0.05) is 13.0 Å². The lowest BCUT2D eigenvalue weighted by atomic mass is 9.98. The molecule has 0 saturated carbocycles. The fourth-order valence-corrected chi connectivity index (χ4v) is 0.647. The Kier molecular flexibility index (Phi) is 3.69. The molecule has 0 spiro atoms. The third-order valence-electron chi connectivity index (χ3n) is 1.50. The van der Waals surface area contributed by atoms with E-state index in [-0.39, 0.29) is 5.78 Å². The monoisotopic (exact) mass is 158 g/mol. The summed E-state index contributed by atoms with van der Waals surface area (Å²) in [6, 6.07) is 0. The highest BCUT2D eigenvalue weighted by atomic mass is 16.1. The molecule has 0 fully saturated rings. The molecule has 66 valence electrons. The van der Waals surface area contributed by atoms with Crippen LogP contribution in [0.1, 0.15) is 20.3 Å². The zero-order valence-electron chi connectivity index (χ0n) is 7.85. The standard InChI is InChI=1S/C8H18N2O/c1-8(2,9)7(11)5-6-10(3)4/h5-6,9H2,1-4H3. The number of nitrogens with zero attached hydrogens (tertiary/aromatic N) is 1. The molecule has 2 N–H and O–H groups in total. The fraction of sp³-hybridized carbons (Fsp3) is 0.875. The molecule has 0 saturated heterocycles.